The van der Waals surface area contributed by atoms with Gasteiger partial charge in [0.2, 0.25) is 0 Å². The van der Waals surface area contributed by atoms with Crippen LogP contribution in [0.25, 0.3) is 0 Å². The lowest BCUT2D eigenvalue weighted by atomic mass is 9.80. The van der Waals surface area contributed by atoms with Crippen LogP contribution >= 0.6 is 0 Å². The van der Waals surface area contributed by atoms with Crippen molar-refractivity contribution in [3.63, 3.8) is 0 Å². The molecule has 1 aliphatic rings. The van der Waals surface area contributed by atoms with E-state index < -0.39 is 0 Å². The maximum atomic E-state index is 13.7. The van der Waals surface area contributed by atoms with Crippen molar-refractivity contribution in [3.8, 4) is 5.75 Å². The van der Waals surface area contributed by atoms with E-state index in [1.165, 1.54) is 0 Å². The van der Waals surface area contributed by atoms with Gasteiger partial charge in [-0.25, -0.2) is 4.39 Å². The minimum Gasteiger partial charge on any atom is -0.491 e. The van der Waals surface area contributed by atoms with E-state index in [-0.39, 0.29) is 5.82 Å². The Balaban J connectivity index is 1.86. The Morgan fingerprint density at radius 3 is 2.74 bits per heavy atom. The van der Waals surface area contributed by atoms with E-state index in [9.17, 15) is 4.39 Å². The molecule has 3 nitrogen and oxygen atoms in total. The van der Waals surface area contributed by atoms with E-state index in [1.807, 2.05) is 13.0 Å². The second-order valence-electron chi connectivity index (χ2n) is 5.49. The minimum absolute atomic E-state index is 0.279. The monoisotopic (exact) mass is 266 g/mol. The molecule has 1 saturated carbocycles. The fourth-order valence-electron chi connectivity index (χ4n) is 2.67. The number of hydrogen-bond acceptors (Lipinski definition) is 3. The van der Waals surface area contributed by atoms with Crippen molar-refractivity contribution in [2.75, 3.05) is 20.2 Å². The standard InChI is InChI=1S/C15H23FN2O/c1-3-19-15-5-4-11(8-14(15)16)9-18(2)10-12-6-13(17)7-12/h4-5,8,12-13H,3,6-7,9-10,17H2,1-2H3. The van der Waals surface area contributed by atoms with Crippen LogP contribution in [-0.4, -0.2) is 31.1 Å². The van der Waals surface area contributed by atoms with Crippen LogP contribution in [0.5, 0.6) is 5.75 Å². The van der Waals surface area contributed by atoms with Crippen LogP contribution in [0, 0.1) is 11.7 Å². The summed E-state index contributed by atoms with van der Waals surface area (Å²) in [7, 11) is 2.07. The average Bonchev–Trinajstić information content (AvgIpc) is 2.31. The summed E-state index contributed by atoms with van der Waals surface area (Å²) in [6, 6.07) is 5.59. The molecule has 1 aromatic carbocycles. The van der Waals surface area contributed by atoms with Crippen molar-refractivity contribution in [1.82, 2.24) is 4.90 Å². The third-order valence-electron chi connectivity index (χ3n) is 3.59. The molecule has 0 unspecified atom stereocenters. The predicted octanol–water partition coefficient (Wildman–Crippen LogP) is 2.39. The quantitative estimate of drug-likeness (QED) is 0.859. The molecule has 2 rings (SSSR count). The van der Waals surface area contributed by atoms with Crippen LogP contribution in [-0.2, 0) is 6.54 Å². The van der Waals surface area contributed by atoms with Crippen molar-refractivity contribution in [2.45, 2.75) is 32.4 Å². The summed E-state index contributed by atoms with van der Waals surface area (Å²) in [6.45, 7) is 4.13. The molecule has 0 heterocycles. The molecule has 1 aliphatic carbocycles. The van der Waals surface area contributed by atoms with Gasteiger partial charge in [-0.3, -0.25) is 0 Å². The lowest BCUT2D eigenvalue weighted by Crippen LogP contribution is -2.41. The third-order valence-corrected chi connectivity index (χ3v) is 3.59. The Morgan fingerprint density at radius 2 is 2.16 bits per heavy atom. The zero-order valence-electron chi connectivity index (χ0n) is 11.7. The Bertz CT molecular complexity index is 419. The molecule has 19 heavy (non-hydrogen) atoms. The van der Waals surface area contributed by atoms with Gasteiger partial charge < -0.3 is 15.4 Å². The number of hydrogen-bond donors (Lipinski definition) is 1. The Labute approximate surface area is 114 Å². The molecule has 0 saturated heterocycles. The second-order valence-corrected chi connectivity index (χ2v) is 5.49. The largest absolute Gasteiger partial charge is 0.491 e. The lowest BCUT2D eigenvalue weighted by Gasteiger charge is -2.35. The van der Waals surface area contributed by atoms with Crippen LogP contribution in [0.15, 0.2) is 18.2 Å². The zero-order valence-corrected chi connectivity index (χ0v) is 11.7. The second kappa shape index (κ2) is 6.35. The first kappa shape index (κ1) is 14.3. The molecule has 1 fully saturated rings. The SMILES string of the molecule is CCOc1ccc(CN(C)CC2CC(N)C2)cc1F. The van der Waals surface area contributed by atoms with Gasteiger partial charge in [0.1, 0.15) is 0 Å². The number of nitrogens with two attached hydrogens (primary N) is 1. The fraction of sp³-hybridized carbons (Fsp3) is 0.600. The molecule has 4 heteroatoms. The Kier molecular flexibility index (Phi) is 4.77. The van der Waals surface area contributed by atoms with Gasteiger partial charge in [0.15, 0.2) is 11.6 Å². The van der Waals surface area contributed by atoms with Crippen molar-refractivity contribution in [2.24, 2.45) is 11.7 Å². The molecule has 1 aromatic rings. The number of rotatable bonds is 6. The topological polar surface area (TPSA) is 38.5 Å². The molecular weight excluding hydrogens is 243 g/mol. The summed E-state index contributed by atoms with van der Waals surface area (Å²) in [4.78, 5) is 2.23. The molecule has 0 radical (unpaired) electrons. The average molecular weight is 266 g/mol. The summed E-state index contributed by atoms with van der Waals surface area (Å²) in [5.74, 6) is 0.754. The van der Waals surface area contributed by atoms with E-state index in [0.717, 1.165) is 31.5 Å². The van der Waals surface area contributed by atoms with Crippen molar-refractivity contribution in [1.29, 1.82) is 0 Å². The first-order valence-corrected chi connectivity index (χ1v) is 6.93. The van der Waals surface area contributed by atoms with Crippen LogP contribution in [0.3, 0.4) is 0 Å². The smallest absolute Gasteiger partial charge is 0.165 e. The van der Waals surface area contributed by atoms with Crippen LogP contribution in [0.4, 0.5) is 4.39 Å². The van der Waals surface area contributed by atoms with E-state index in [1.54, 1.807) is 12.1 Å². The molecule has 0 atom stereocenters. The van der Waals surface area contributed by atoms with Gasteiger partial charge in [-0.1, -0.05) is 6.07 Å². The first-order valence-electron chi connectivity index (χ1n) is 6.93. The maximum absolute atomic E-state index is 13.7. The zero-order chi connectivity index (χ0) is 13.8. The number of halogens is 1. The van der Waals surface area contributed by atoms with E-state index in [0.29, 0.717) is 24.3 Å². The van der Waals surface area contributed by atoms with Crippen molar-refractivity contribution < 1.29 is 9.13 Å². The highest BCUT2D eigenvalue weighted by Gasteiger charge is 2.26. The van der Waals surface area contributed by atoms with Crippen LogP contribution in [0.1, 0.15) is 25.3 Å². The van der Waals surface area contributed by atoms with Gasteiger partial charge in [-0.15, -0.1) is 0 Å². The third kappa shape index (κ3) is 3.91. The minimum atomic E-state index is -0.279. The molecule has 0 amide bonds. The van der Waals surface area contributed by atoms with Gasteiger partial charge in [0.05, 0.1) is 6.61 Å². The molecular formula is C15H23FN2O. The maximum Gasteiger partial charge on any atom is 0.165 e. The number of benzene rings is 1. The van der Waals surface area contributed by atoms with Gasteiger partial charge in [-0.2, -0.15) is 0 Å². The lowest BCUT2D eigenvalue weighted by molar-refractivity contribution is 0.178. The van der Waals surface area contributed by atoms with E-state index in [2.05, 4.69) is 11.9 Å². The predicted molar refractivity (Wildman–Crippen MR) is 74.6 cm³/mol. The van der Waals surface area contributed by atoms with Crippen molar-refractivity contribution >= 4 is 0 Å². The van der Waals surface area contributed by atoms with Gasteiger partial charge in [0, 0.05) is 19.1 Å². The van der Waals surface area contributed by atoms with Gasteiger partial charge in [-0.05, 0) is 50.4 Å². The summed E-state index contributed by atoms with van der Waals surface area (Å²) in [6.07, 6.45) is 2.23. The summed E-state index contributed by atoms with van der Waals surface area (Å²) >= 11 is 0. The summed E-state index contributed by atoms with van der Waals surface area (Å²) < 4.78 is 18.9. The van der Waals surface area contributed by atoms with E-state index in [4.69, 9.17) is 10.5 Å². The molecule has 2 N–H and O–H groups in total. The van der Waals surface area contributed by atoms with Gasteiger partial charge in [0.25, 0.3) is 0 Å². The Morgan fingerprint density at radius 1 is 1.42 bits per heavy atom. The highest BCUT2D eigenvalue weighted by Crippen LogP contribution is 2.26. The normalized spacial score (nSPS) is 22.4. The summed E-state index contributed by atoms with van der Waals surface area (Å²) in [5, 5.41) is 0. The fourth-order valence-corrected chi connectivity index (χ4v) is 2.67. The van der Waals surface area contributed by atoms with Gasteiger partial charge >= 0.3 is 0 Å². The van der Waals surface area contributed by atoms with E-state index >= 15 is 0 Å². The summed E-state index contributed by atoms with van der Waals surface area (Å²) in [5.41, 5.74) is 6.76. The van der Waals surface area contributed by atoms with Crippen LogP contribution < -0.4 is 10.5 Å². The molecule has 0 aliphatic heterocycles. The first-order chi connectivity index (χ1) is 9.08. The van der Waals surface area contributed by atoms with Crippen LogP contribution in [0.2, 0.25) is 0 Å². The highest BCUT2D eigenvalue weighted by molar-refractivity contribution is 5.29. The number of ether oxygens (including phenoxy) is 1. The number of nitrogens with zero attached hydrogens (tertiary/aromatic N) is 1. The Hall–Kier alpha value is -1.13. The highest BCUT2D eigenvalue weighted by atomic mass is 19.1. The molecule has 0 spiro atoms. The molecule has 0 bridgehead atoms. The van der Waals surface area contributed by atoms with Crippen molar-refractivity contribution in [3.05, 3.63) is 29.6 Å². The molecule has 106 valence electrons. The molecule has 0 aromatic heterocycles.